The van der Waals surface area contributed by atoms with Crippen molar-refractivity contribution in [2.75, 3.05) is 49.6 Å². The summed E-state index contributed by atoms with van der Waals surface area (Å²) in [6.45, 7) is 3.18. The molecule has 3 fully saturated rings. The normalized spacial score (nSPS) is 21.4. The monoisotopic (exact) mass is 499 g/mol. The van der Waals surface area contributed by atoms with E-state index in [1.54, 1.807) is 35.2 Å². The van der Waals surface area contributed by atoms with Gasteiger partial charge in [0.2, 0.25) is 5.95 Å². The summed E-state index contributed by atoms with van der Waals surface area (Å²) in [4.78, 5) is 29.7. The van der Waals surface area contributed by atoms with Crippen molar-refractivity contribution in [3.8, 4) is 5.82 Å². The summed E-state index contributed by atoms with van der Waals surface area (Å²) in [6, 6.07) is 8.51. The molecule has 2 saturated heterocycles. The number of amides is 1. The fourth-order valence-electron chi connectivity index (χ4n) is 4.85. The molecular weight excluding hydrogens is 472 g/mol. The number of morpholine rings is 1. The van der Waals surface area contributed by atoms with E-state index < -0.39 is 12.0 Å². The van der Waals surface area contributed by atoms with Crippen LogP contribution < -0.4 is 10.2 Å². The van der Waals surface area contributed by atoms with Crippen LogP contribution in [0.1, 0.15) is 31.5 Å². The number of hydrogen-bond donors (Lipinski definition) is 2. The minimum Gasteiger partial charge on any atom is -0.380 e. The molecule has 1 atom stereocenters. The molecule has 0 radical (unpaired) electrons. The van der Waals surface area contributed by atoms with Gasteiger partial charge in [0.05, 0.1) is 24.2 Å². The zero-order valence-electron chi connectivity index (χ0n) is 19.6. The molecule has 12 heteroatoms. The van der Waals surface area contributed by atoms with Crippen molar-refractivity contribution in [3.05, 3.63) is 36.2 Å². The Hall–Kier alpha value is -3.38. The highest BCUT2D eigenvalue weighted by Gasteiger charge is 2.51. The van der Waals surface area contributed by atoms with Crippen molar-refractivity contribution in [3.63, 3.8) is 0 Å². The number of benzene rings is 1. The zero-order chi connectivity index (χ0) is 24.9. The third-order valence-electron chi connectivity index (χ3n) is 6.95. The number of anilines is 2. The van der Waals surface area contributed by atoms with Crippen LogP contribution in [0.25, 0.3) is 16.9 Å². The first kappa shape index (κ1) is 23.0. The largest absolute Gasteiger partial charge is 0.380 e. The van der Waals surface area contributed by atoms with Crippen LogP contribution in [0.3, 0.4) is 0 Å². The van der Waals surface area contributed by atoms with Gasteiger partial charge in [-0.15, -0.1) is 0 Å². The molecule has 1 amide bonds. The maximum Gasteiger partial charge on any atom is 0.296 e. The van der Waals surface area contributed by atoms with Crippen molar-refractivity contribution in [1.82, 2.24) is 24.4 Å². The van der Waals surface area contributed by atoms with E-state index in [9.17, 15) is 18.7 Å². The number of carbonyl (C=O) groups is 1. The van der Waals surface area contributed by atoms with Crippen molar-refractivity contribution in [2.45, 2.75) is 37.3 Å². The van der Waals surface area contributed by atoms with Crippen molar-refractivity contribution in [1.29, 1.82) is 0 Å². The summed E-state index contributed by atoms with van der Waals surface area (Å²) >= 11 is 0. The topological polar surface area (TPSA) is 109 Å². The van der Waals surface area contributed by atoms with Crippen LogP contribution in [0, 0.1) is 0 Å². The van der Waals surface area contributed by atoms with Crippen LogP contribution in [0.4, 0.5) is 20.5 Å². The highest BCUT2D eigenvalue weighted by Crippen LogP contribution is 2.38. The van der Waals surface area contributed by atoms with Crippen molar-refractivity contribution in [2.24, 2.45) is 0 Å². The predicted molar refractivity (Wildman–Crippen MR) is 127 cm³/mol. The number of ether oxygens (including phenoxy) is 1. The highest BCUT2D eigenvalue weighted by molar-refractivity contribution is 5.88. The Labute approximate surface area is 205 Å². The molecule has 3 aliphatic rings. The average Bonchev–Trinajstić information content (AvgIpc) is 3.30. The lowest BCUT2D eigenvalue weighted by atomic mass is 10.2. The van der Waals surface area contributed by atoms with Gasteiger partial charge in [-0.2, -0.15) is 9.97 Å². The molecule has 1 aromatic carbocycles. The van der Waals surface area contributed by atoms with Gasteiger partial charge in [0.1, 0.15) is 17.2 Å². The number of para-hydroxylation sites is 2. The molecule has 6 rings (SSSR count). The average molecular weight is 500 g/mol. The zero-order valence-corrected chi connectivity index (χ0v) is 19.6. The van der Waals surface area contributed by atoms with Crippen LogP contribution in [0.2, 0.25) is 0 Å². The van der Waals surface area contributed by atoms with Crippen LogP contribution in [0.15, 0.2) is 30.3 Å². The molecule has 0 bridgehead atoms. The van der Waals surface area contributed by atoms with Crippen LogP contribution in [-0.2, 0) is 9.53 Å². The minimum atomic E-state index is -2.79. The number of alkyl halides is 2. The second kappa shape index (κ2) is 8.93. The molecule has 2 aliphatic heterocycles. The molecule has 1 aliphatic carbocycles. The van der Waals surface area contributed by atoms with Crippen LogP contribution >= 0.6 is 0 Å². The Morgan fingerprint density at radius 3 is 2.67 bits per heavy atom. The smallest absolute Gasteiger partial charge is 0.296 e. The predicted octanol–water partition coefficient (Wildman–Crippen LogP) is 2.13. The number of hydrogen-bond acceptors (Lipinski definition) is 8. The highest BCUT2D eigenvalue weighted by atomic mass is 19.3. The van der Waals surface area contributed by atoms with E-state index in [1.807, 2.05) is 4.90 Å². The second-order valence-corrected chi connectivity index (χ2v) is 9.52. The standard InChI is InChI=1S/C24H27F2N7O3/c25-20(26)21-28-16-3-1-2-4-17(16)33(21)19-13-18(29-23(30-19)31-9-11-36-12-10-31)27-15-5-8-32(14-15)22(34)24(35)6-7-24/h1-4,13,15,20,35H,5-12,14H2,(H,27,29,30)/t15-/m0/s1. The lowest BCUT2D eigenvalue weighted by Crippen LogP contribution is -2.40. The van der Waals surface area contributed by atoms with Crippen LogP contribution in [-0.4, -0.2) is 86.5 Å². The Kier molecular flexibility index (Phi) is 5.72. The Bertz CT molecular complexity index is 1290. The molecule has 4 heterocycles. The van der Waals surface area contributed by atoms with E-state index in [4.69, 9.17) is 9.72 Å². The Morgan fingerprint density at radius 1 is 1.14 bits per heavy atom. The van der Waals surface area contributed by atoms with E-state index in [2.05, 4.69) is 15.3 Å². The molecule has 2 N–H and O–H groups in total. The summed E-state index contributed by atoms with van der Waals surface area (Å²) in [5.74, 6) is 0.564. The third kappa shape index (κ3) is 4.24. The summed E-state index contributed by atoms with van der Waals surface area (Å²) in [5.41, 5.74) is -0.216. The van der Waals surface area contributed by atoms with Gasteiger partial charge < -0.3 is 25.0 Å². The molecule has 10 nitrogen and oxygen atoms in total. The lowest BCUT2D eigenvalue weighted by Gasteiger charge is -2.28. The lowest BCUT2D eigenvalue weighted by molar-refractivity contribution is -0.141. The number of nitrogens with zero attached hydrogens (tertiary/aromatic N) is 6. The number of imidazole rings is 1. The number of nitrogens with one attached hydrogen (secondary N) is 1. The van der Waals surface area contributed by atoms with E-state index in [1.165, 1.54) is 4.57 Å². The van der Waals surface area contributed by atoms with E-state index >= 15 is 0 Å². The fourth-order valence-corrected chi connectivity index (χ4v) is 4.85. The Morgan fingerprint density at radius 2 is 1.92 bits per heavy atom. The molecule has 36 heavy (non-hydrogen) atoms. The number of carbonyl (C=O) groups excluding carboxylic acids is 1. The van der Waals surface area contributed by atoms with Gasteiger partial charge in [-0.1, -0.05) is 12.1 Å². The van der Waals surface area contributed by atoms with Crippen molar-refractivity contribution < 1.29 is 23.4 Å². The quantitative estimate of drug-likeness (QED) is 0.531. The Balaban J connectivity index is 1.35. The van der Waals surface area contributed by atoms with Gasteiger partial charge >= 0.3 is 0 Å². The van der Waals surface area contributed by atoms with Crippen molar-refractivity contribution >= 4 is 28.7 Å². The van der Waals surface area contributed by atoms with E-state index in [0.717, 1.165) is 0 Å². The molecule has 0 unspecified atom stereocenters. The maximum atomic E-state index is 14.0. The van der Waals surface area contributed by atoms with Gasteiger partial charge in [0.15, 0.2) is 5.82 Å². The second-order valence-electron chi connectivity index (χ2n) is 9.52. The first-order valence-electron chi connectivity index (χ1n) is 12.2. The summed E-state index contributed by atoms with van der Waals surface area (Å²) in [7, 11) is 0. The first-order chi connectivity index (χ1) is 17.4. The summed E-state index contributed by atoms with van der Waals surface area (Å²) < 4.78 is 34.9. The molecule has 1 saturated carbocycles. The van der Waals surface area contributed by atoms with Crippen LogP contribution in [0.5, 0.6) is 0 Å². The number of fused-ring (bicyclic) bond motifs is 1. The number of halogens is 2. The number of likely N-dealkylation sites (tertiary alicyclic amines) is 1. The van der Waals surface area contributed by atoms with Gasteiger partial charge in [0, 0.05) is 38.3 Å². The number of aromatic nitrogens is 4. The van der Waals surface area contributed by atoms with Gasteiger partial charge in [-0.05, 0) is 31.4 Å². The first-order valence-corrected chi connectivity index (χ1v) is 12.2. The minimum absolute atomic E-state index is 0.0920. The van der Waals surface area contributed by atoms with Gasteiger partial charge in [-0.25, -0.2) is 13.8 Å². The molecular formula is C24H27F2N7O3. The molecule has 3 aromatic rings. The SMILES string of the molecule is O=C(N1CC[C@H](Nc2cc(-n3c(C(F)F)nc4ccccc43)nc(N3CCOCC3)n2)C1)C1(O)CC1. The van der Waals surface area contributed by atoms with Gasteiger partial charge in [-0.3, -0.25) is 9.36 Å². The molecule has 190 valence electrons. The summed E-state index contributed by atoms with van der Waals surface area (Å²) in [6.07, 6.45) is -1.10. The maximum absolute atomic E-state index is 14.0. The number of aliphatic hydroxyl groups is 1. The van der Waals surface area contributed by atoms with Gasteiger partial charge in [0.25, 0.3) is 12.3 Å². The molecule has 0 spiro atoms. The van der Waals surface area contributed by atoms with E-state index in [0.29, 0.717) is 81.5 Å². The summed E-state index contributed by atoms with van der Waals surface area (Å²) in [5, 5.41) is 13.6. The third-order valence-corrected chi connectivity index (χ3v) is 6.95. The van der Waals surface area contributed by atoms with E-state index in [-0.39, 0.29) is 23.6 Å². The fraction of sp³-hybridized carbons (Fsp3) is 0.500. The number of rotatable bonds is 6. The molecule has 2 aromatic heterocycles.